The van der Waals surface area contributed by atoms with Gasteiger partial charge in [0, 0.05) is 12.1 Å². The van der Waals surface area contributed by atoms with Gasteiger partial charge in [0.15, 0.2) is 0 Å². The van der Waals surface area contributed by atoms with Crippen LogP contribution in [0.2, 0.25) is 0 Å². The van der Waals surface area contributed by atoms with Crippen LogP contribution in [0, 0.1) is 5.92 Å². The van der Waals surface area contributed by atoms with Crippen molar-refractivity contribution in [3.05, 3.63) is 35.9 Å². The Bertz CT molecular complexity index is 442. The number of carbonyl (C=O) groups excluding carboxylic acids is 1. The first-order valence-electron chi connectivity index (χ1n) is 6.91. The number of nitrogens with one attached hydrogen (secondary N) is 1. The van der Waals surface area contributed by atoms with Crippen LogP contribution in [0.3, 0.4) is 0 Å². The standard InChI is InChI=1S/C16H21NO2/c1-12-2-7-14(8-3-12)17-16(19)11-6-13-4-9-15(18)10-5-13/h4-6,9-12,14,18H,2-3,7-8H2,1H3,(H,17,19). The van der Waals surface area contributed by atoms with Crippen LogP contribution >= 0.6 is 0 Å². The fraction of sp³-hybridized carbons (Fsp3) is 0.438. The first kappa shape index (κ1) is 13.7. The molecule has 0 spiro atoms. The quantitative estimate of drug-likeness (QED) is 0.819. The van der Waals surface area contributed by atoms with Crippen molar-refractivity contribution in [1.29, 1.82) is 0 Å². The summed E-state index contributed by atoms with van der Waals surface area (Å²) in [5.74, 6) is 0.992. The van der Waals surface area contributed by atoms with Crippen LogP contribution in [-0.4, -0.2) is 17.1 Å². The van der Waals surface area contributed by atoms with Crippen molar-refractivity contribution in [2.24, 2.45) is 5.92 Å². The molecule has 0 atom stereocenters. The zero-order valence-corrected chi connectivity index (χ0v) is 11.3. The minimum Gasteiger partial charge on any atom is -0.508 e. The zero-order chi connectivity index (χ0) is 13.7. The van der Waals surface area contributed by atoms with Gasteiger partial charge in [-0.1, -0.05) is 19.1 Å². The number of benzene rings is 1. The topological polar surface area (TPSA) is 49.3 Å². The number of amides is 1. The summed E-state index contributed by atoms with van der Waals surface area (Å²) in [5, 5.41) is 12.2. The van der Waals surface area contributed by atoms with Gasteiger partial charge < -0.3 is 10.4 Å². The number of rotatable bonds is 3. The van der Waals surface area contributed by atoms with Crippen LogP contribution in [0.4, 0.5) is 0 Å². The van der Waals surface area contributed by atoms with E-state index in [0.717, 1.165) is 24.3 Å². The molecule has 0 heterocycles. The third-order valence-corrected chi connectivity index (χ3v) is 3.68. The van der Waals surface area contributed by atoms with Gasteiger partial charge in [-0.15, -0.1) is 0 Å². The number of phenols is 1. The van der Waals surface area contributed by atoms with Gasteiger partial charge in [0.2, 0.25) is 5.91 Å². The molecule has 1 aromatic carbocycles. The highest BCUT2D eigenvalue weighted by Gasteiger charge is 2.18. The highest BCUT2D eigenvalue weighted by Crippen LogP contribution is 2.23. The second kappa shape index (κ2) is 6.41. The van der Waals surface area contributed by atoms with Crippen molar-refractivity contribution in [2.45, 2.75) is 38.6 Å². The van der Waals surface area contributed by atoms with E-state index < -0.39 is 0 Å². The summed E-state index contributed by atoms with van der Waals surface area (Å²) in [6.45, 7) is 2.27. The van der Waals surface area contributed by atoms with Crippen molar-refractivity contribution in [2.75, 3.05) is 0 Å². The Morgan fingerprint density at radius 1 is 1.21 bits per heavy atom. The first-order chi connectivity index (χ1) is 9.13. The molecule has 102 valence electrons. The molecule has 1 aromatic rings. The molecule has 0 unspecified atom stereocenters. The third kappa shape index (κ3) is 4.43. The molecule has 3 nitrogen and oxygen atoms in total. The number of aromatic hydroxyl groups is 1. The van der Waals surface area contributed by atoms with E-state index in [-0.39, 0.29) is 11.7 Å². The SMILES string of the molecule is CC1CCC(NC(=O)C=Cc2ccc(O)cc2)CC1. The van der Waals surface area contributed by atoms with Crippen molar-refractivity contribution in [3.63, 3.8) is 0 Å². The van der Waals surface area contributed by atoms with Gasteiger partial charge in [0.1, 0.15) is 5.75 Å². The maximum Gasteiger partial charge on any atom is 0.244 e. The number of phenolic OH excluding ortho intramolecular Hbond substituents is 1. The van der Waals surface area contributed by atoms with E-state index in [1.54, 1.807) is 36.4 Å². The van der Waals surface area contributed by atoms with Crippen LogP contribution in [0.15, 0.2) is 30.3 Å². The zero-order valence-electron chi connectivity index (χ0n) is 11.3. The van der Waals surface area contributed by atoms with Gasteiger partial charge in [-0.25, -0.2) is 0 Å². The van der Waals surface area contributed by atoms with Gasteiger partial charge in [0.25, 0.3) is 0 Å². The minimum absolute atomic E-state index is 0.0346. The molecule has 1 aliphatic carbocycles. The normalized spacial score (nSPS) is 23.4. The number of hydrogen-bond donors (Lipinski definition) is 2. The molecule has 0 saturated heterocycles. The molecule has 0 bridgehead atoms. The monoisotopic (exact) mass is 259 g/mol. The average Bonchev–Trinajstić information content (AvgIpc) is 2.41. The molecule has 1 aliphatic rings. The predicted octanol–water partition coefficient (Wildman–Crippen LogP) is 3.10. The Balaban J connectivity index is 1.82. The smallest absolute Gasteiger partial charge is 0.244 e. The Hall–Kier alpha value is -1.77. The predicted molar refractivity (Wildman–Crippen MR) is 76.7 cm³/mol. The van der Waals surface area contributed by atoms with Gasteiger partial charge >= 0.3 is 0 Å². The Kier molecular flexibility index (Phi) is 4.61. The summed E-state index contributed by atoms with van der Waals surface area (Å²) < 4.78 is 0. The molecular weight excluding hydrogens is 238 g/mol. The van der Waals surface area contributed by atoms with E-state index in [1.165, 1.54) is 12.8 Å². The molecule has 19 heavy (non-hydrogen) atoms. The minimum atomic E-state index is -0.0346. The highest BCUT2D eigenvalue weighted by atomic mass is 16.3. The van der Waals surface area contributed by atoms with Crippen LogP contribution in [0.5, 0.6) is 5.75 Å². The second-order valence-electron chi connectivity index (χ2n) is 5.39. The van der Waals surface area contributed by atoms with E-state index >= 15 is 0 Å². The summed E-state index contributed by atoms with van der Waals surface area (Å²) in [4.78, 5) is 11.8. The molecule has 1 saturated carbocycles. The molecule has 2 N–H and O–H groups in total. The lowest BCUT2D eigenvalue weighted by Gasteiger charge is -2.26. The van der Waals surface area contributed by atoms with Crippen LogP contribution in [0.1, 0.15) is 38.2 Å². The maximum absolute atomic E-state index is 11.8. The molecule has 0 radical (unpaired) electrons. The summed E-state index contributed by atoms with van der Waals surface area (Å²) in [6.07, 6.45) is 7.89. The lowest BCUT2D eigenvalue weighted by atomic mass is 9.87. The van der Waals surface area contributed by atoms with Crippen LogP contribution in [-0.2, 0) is 4.79 Å². The van der Waals surface area contributed by atoms with Crippen molar-refractivity contribution < 1.29 is 9.90 Å². The van der Waals surface area contributed by atoms with Crippen LogP contribution in [0.25, 0.3) is 6.08 Å². The van der Waals surface area contributed by atoms with E-state index in [2.05, 4.69) is 12.2 Å². The lowest BCUT2D eigenvalue weighted by molar-refractivity contribution is -0.117. The Labute approximate surface area is 114 Å². The second-order valence-corrected chi connectivity index (χ2v) is 5.39. The molecule has 2 rings (SSSR count). The first-order valence-corrected chi connectivity index (χ1v) is 6.91. The Morgan fingerprint density at radius 2 is 1.84 bits per heavy atom. The fourth-order valence-electron chi connectivity index (χ4n) is 2.41. The summed E-state index contributed by atoms with van der Waals surface area (Å²) in [7, 11) is 0. The molecule has 1 amide bonds. The van der Waals surface area contributed by atoms with Gasteiger partial charge in [0.05, 0.1) is 0 Å². The Morgan fingerprint density at radius 3 is 2.47 bits per heavy atom. The van der Waals surface area contributed by atoms with E-state index in [4.69, 9.17) is 5.11 Å². The lowest BCUT2D eigenvalue weighted by Crippen LogP contribution is -2.36. The molecular formula is C16H21NO2. The van der Waals surface area contributed by atoms with E-state index in [0.29, 0.717) is 6.04 Å². The molecule has 1 fully saturated rings. The molecule has 0 aliphatic heterocycles. The van der Waals surface area contributed by atoms with Gasteiger partial charge in [-0.05, 0) is 55.4 Å². The summed E-state index contributed by atoms with van der Waals surface area (Å²) >= 11 is 0. The average molecular weight is 259 g/mol. The summed E-state index contributed by atoms with van der Waals surface area (Å²) in [6, 6.07) is 7.11. The summed E-state index contributed by atoms with van der Waals surface area (Å²) in [5.41, 5.74) is 0.908. The van der Waals surface area contributed by atoms with Crippen LogP contribution < -0.4 is 5.32 Å². The largest absolute Gasteiger partial charge is 0.508 e. The molecule has 0 aromatic heterocycles. The van der Waals surface area contributed by atoms with Crippen molar-refractivity contribution in [3.8, 4) is 5.75 Å². The highest BCUT2D eigenvalue weighted by molar-refractivity contribution is 5.91. The van der Waals surface area contributed by atoms with Gasteiger partial charge in [-0.2, -0.15) is 0 Å². The number of carbonyl (C=O) groups is 1. The molecule has 3 heteroatoms. The van der Waals surface area contributed by atoms with E-state index in [1.807, 2.05) is 0 Å². The third-order valence-electron chi connectivity index (χ3n) is 3.68. The van der Waals surface area contributed by atoms with Crippen molar-refractivity contribution >= 4 is 12.0 Å². The fourth-order valence-corrected chi connectivity index (χ4v) is 2.41. The van der Waals surface area contributed by atoms with Gasteiger partial charge in [-0.3, -0.25) is 4.79 Å². The number of hydrogen-bond acceptors (Lipinski definition) is 2. The van der Waals surface area contributed by atoms with E-state index in [9.17, 15) is 4.79 Å². The maximum atomic E-state index is 11.8. The van der Waals surface area contributed by atoms with Crippen molar-refractivity contribution in [1.82, 2.24) is 5.32 Å².